The van der Waals surface area contributed by atoms with E-state index in [9.17, 15) is 4.79 Å². The second-order valence-corrected chi connectivity index (χ2v) is 5.95. The zero-order chi connectivity index (χ0) is 19.6. The first kappa shape index (κ1) is 20.6. The Bertz CT molecular complexity index is 760. The summed E-state index contributed by atoms with van der Waals surface area (Å²) >= 11 is 0. The van der Waals surface area contributed by atoms with Gasteiger partial charge in [-0.2, -0.15) is 0 Å². The fraction of sp³-hybridized carbons (Fsp3) is 0.381. The van der Waals surface area contributed by atoms with Crippen LogP contribution in [-0.2, 0) is 11.3 Å². The van der Waals surface area contributed by atoms with Crippen molar-refractivity contribution in [2.24, 2.45) is 0 Å². The van der Waals surface area contributed by atoms with Crippen molar-refractivity contribution in [2.75, 3.05) is 33.3 Å². The number of benzene rings is 2. The molecule has 0 bridgehead atoms. The summed E-state index contributed by atoms with van der Waals surface area (Å²) in [5.74, 6) is 1.63. The minimum atomic E-state index is -0.251. The van der Waals surface area contributed by atoms with Crippen molar-refractivity contribution >= 4 is 11.6 Å². The van der Waals surface area contributed by atoms with Gasteiger partial charge < -0.3 is 24.3 Å². The molecule has 0 aliphatic heterocycles. The molecule has 0 atom stereocenters. The molecule has 1 amide bonds. The molecule has 0 unspecified atom stereocenters. The molecule has 0 aliphatic rings. The van der Waals surface area contributed by atoms with Crippen LogP contribution in [0.15, 0.2) is 36.4 Å². The smallest absolute Gasteiger partial charge is 0.255 e. The molecule has 6 heteroatoms. The Hall–Kier alpha value is -2.73. The zero-order valence-corrected chi connectivity index (χ0v) is 16.3. The van der Waals surface area contributed by atoms with Crippen molar-refractivity contribution in [3.8, 4) is 17.2 Å². The van der Waals surface area contributed by atoms with E-state index in [0.717, 1.165) is 18.4 Å². The van der Waals surface area contributed by atoms with Crippen LogP contribution in [0.4, 0.5) is 5.69 Å². The standard InChI is InChI=1S/C21H27NO5/c1-5-6-11-27-14-16-12-15(7-9-19(16)25-3)21(23)22-18-13-17(24-2)8-10-20(18)26-4/h7-10,12-13H,5-6,11,14H2,1-4H3,(H,22,23). The van der Waals surface area contributed by atoms with Crippen molar-refractivity contribution in [3.05, 3.63) is 47.5 Å². The summed E-state index contributed by atoms with van der Waals surface area (Å²) in [7, 11) is 4.73. The van der Waals surface area contributed by atoms with E-state index in [4.69, 9.17) is 18.9 Å². The van der Waals surface area contributed by atoms with Crippen LogP contribution in [0.25, 0.3) is 0 Å². The van der Waals surface area contributed by atoms with E-state index in [1.807, 2.05) is 0 Å². The van der Waals surface area contributed by atoms with Gasteiger partial charge >= 0.3 is 0 Å². The minimum absolute atomic E-state index is 0.251. The molecule has 0 radical (unpaired) electrons. The number of hydrogen-bond donors (Lipinski definition) is 1. The summed E-state index contributed by atoms with van der Waals surface area (Å²) in [4.78, 5) is 12.7. The van der Waals surface area contributed by atoms with Crippen LogP contribution in [0.5, 0.6) is 17.2 Å². The first-order valence-electron chi connectivity index (χ1n) is 8.91. The van der Waals surface area contributed by atoms with E-state index in [1.54, 1.807) is 57.7 Å². The molecule has 0 saturated heterocycles. The monoisotopic (exact) mass is 373 g/mol. The molecule has 0 heterocycles. The molecule has 2 rings (SSSR count). The molecule has 0 aromatic heterocycles. The second kappa shape index (κ2) is 10.4. The minimum Gasteiger partial charge on any atom is -0.497 e. The lowest BCUT2D eigenvalue weighted by Crippen LogP contribution is -2.13. The van der Waals surface area contributed by atoms with Crippen LogP contribution in [0.3, 0.4) is 0 Å². The number of carbonyl (C=O) groups excluding carboxylic acids is 1. The lowest BCUT2D eigenvalue weighted by molar-refractivity contribution is 0.102. The van der Waals surface area contributed by atoms with Gasteiger partial charge in [-0.05, 0) is 36.8 Å². The summed E-state index contributed by atoms with van der Waals surface area (Å²) in [5.41, 5.74) is 1.88. The van der Waals surface area contributed by atoms with E-state index < -0.39 is 0 Å². The predicted octanol–water partition coefficient (Wildman–Crippen LogP) is 4.28. The Kier molecular flexibility index (Phi) is 7.95. The van der Waals surface area contributed by atoms with Gasteiger partial charge in [-0.15, -0.1) is 0 Å². The van der Waals surface area contributed by atoms with Gasteiger partial charge in [0.05, 0.1) is 33.6 Å². The van der Waals surface area contributed by atoms with Crippen molar-refractivity contribution in [1.29, 1.82) is 0 Å². The number of amides is 1. The summed E-state index contributed by atoms with van der Waals surface area (Å²) < 4.78 is 21.6. The van der Waals surface area contributed by atoms with E-state index >= 15 is 0 Å². The molecule has 2 aromatic rings. The van der Waals surface area contributed by atoms with Crippen LogP contribution < -0.4 is 19.5 Å². The summed E-state index contributed by atoms with van der Waals surface area (Å²) in [6.07, 6.45) is 2.07. The Morgan fingerprint density at radius 1 is 0.963 bits per heavy atom. The summed E-state index contributed by atoms with van der Waals surface area (Å²) in [6.45, 7) is 3.19. The third-order valence-electron chi connectivity index (χ3n) is 4.10. The average Bonchev–Trinajstić information content (AvgIpc) is 2.70. The normalized spacial score (nSPS) is 10.4. The third-order valence-corrected chi connectivity index (χ3v) is 4.10. The van der Waals surface area contributed by atoms with Crippen LogP contribution in [0.2, 0.25) is 0 Å². The van der Waals surface area contributed by atoms with E-state index in [1.165, 1.54) is 0 Å². The van der Waals surface area contributed by atoms with Crippen LogP contribution in [0.1, 0.15) is 35.7 Å². The first-order chi connectivity index (χ1) is 13.1. The zero-order valence-electron chi connectivity index (χ0n) is 16.3. The van der Waals surface area contributed by atoms with Gasteiger partial charge in [0.1, 0.15) is 17.2 Å². The molecule has 1 N–H and O–H groups in total. The van der Waals surface area contributed by atoms with Crippen molar-refractivity contribution in [1.82, 2.24) is 0 Å². The maximum atomic E-state index is 12.7. The number of ether oxygens (including phenoxy) is 4. The SMILES string of the molecule is CCCCOCc1cc(C(=O)Nc2cc(OC)ccc2OC)ccc1OC. The number of unbranched alkanes of at least 4 members (excludes halogenated alkanes) is 1. The van der Waals surface area contributed by atoms with E-state index in [2.05, 4.69) is 12.2 Å². The Labute approximate surface area is 160 Å². The second-order valence-electron chi connectivity index (χ2n) is 5.95. The number of methoxy groups -OCH3 is 3. The van der Waals surface area contributed by atoms with Crippen molar-refractivity contribution in [3.63, 3.8) is 0 Å². The Morgan fingerprint density at radius 3 is 2.37 bits per heavy atom. The topological polar surface area (TPSA) is 66.0 Å². The average molecular weight is 373 g/mol. The largest absolute Gasteiger partial charge is 0.497 e. The van der Waals surface area contributed by atoms with Crippen molar-refractivity contribution in [2.45, 2.75) is 26.4 Å². The highest BCUT2D eigenvalue weighted by molar-refractivity contribution is 6.05. The van der Waals surface area contributed by atoms with E-state index in [-0.39, 0.29) is 5.91 Å². The molecule has 0 fully saturated rings. The Balaban J connectivity index is 2.18. The summed E-state index contributed by atoms with van der Waals surface area (Å²) in [5, 5.41) is 2.87. The molecule has 27 heavy (non-hydrogen) atoms. The quantitative estimate of drug-likeness (QED) is 0.630. The fourth-order valence-electron chi connectivity index (χ4n) is 2.57. The molecular formula is C21H27NO5. The molecular weight excluding hydrogens is 346 g/mol. The highest BCUT2D eigenvalue weighted by Crippen LogP contribution is 2.30. The first-order valence-corrected chi connectivity index (χ1v) is 8.91. The molecule has 146 valence electrons. The molecule has 0 saturated carbocycles. The lowest BCUT2D eigenvalue weighted by atomic mass is 10.1. The highest BCUT2D eigenvalue weighted by Gasteiger charge is 2.14. The van der Waals surface area contributed by atoms with E-state index in [0.29, 0.717) is 41.7 Å². The number of nitrogens with one attached hydrogen (secondary N) is 1. The number of carbonyl (C=O) groups is 1. The molecule has 2 aromatic carbocycles. The van der Waals surface area contributed by atoms with Gasteiger partial charge in [0.15, 0.2) is 0 Å². The van der Waals surface area contributed by atoms with Gasteiger partial charge in [-0.25, -0.2) is 0 Å². The maximum absolute atomic E-state index is 12.7. The Morgan fingerprint density at radius 2 is 1.70 bits per heavy atom. The fourth-order valence-corrected chi connectivity index (χ4v) is 2.57. The number of hydrogen-bond acceptors (Lipinski definition) is 5. The van der Waals surface area contributed by atoms with Crippen LogP contribution >= 0.6 is 0 Å². The maximum Gasteiger partial charge on any atom is 0.255 e. The molecule has 0 spiro atoms. The molecule has 0 aliphatic carbocycles. The molecule has 6 nitrogen and oxygen atoms in total. The van der Waals surface area contributed by atoms with Gasteiger partial charge in [-0.3, -0.25) is 4.79 Å². The van der Waals surface area contributed by atoms with Gasteiger partial charge in [0.25, 0.3) is 5.91 Å². The highest BCUT2D eigenvalue weighted by atomic mass is 16.5. The predicted molar refractivity (Wildman–Crippen MR) is 105 cm³/mol. The van der Waals surface area contributed by atoms with Gasteiger partial charge in [-0.1, -0.05) is 13.3 Å². The van der Waals surface area contributed by atoms with Crippen LogP contribution in [-0.4, -0.2) is 33.8 Å². The van der Waals surface area contributed by atoms with Gasteiger partial charge in [0.2, 0.25) is 0 Å². The number of anilines is 1. The van der Waals surface area contributed by atoms with Crippen LogP contribution in [0, 0.1) is 0 Å². The van der Waals surface area contributed by atoms with Crippen molar-refractivity contribution < 1.29 is 23.7 Å². The third kappa shape index (κ3) is 5.62. The summed E-state index contributed by atoms with van der Waals surface area (Å²) in [6, 6.07) is 10.5. The lowest BCUT2D eigenvalue weighted by Gasteiger charge is -2.14. The number of rotatable bonds is 10. The van der Waals surface area contributed by atoms with Gasteiger partial charge in [0, 0.05) is 23.8 Å².